The molecule has 3 rings (SSSR count). The van der Waals surface area contributed by atoms with E-state index in [1.807, 2.05) is 35.2 Å². The van der Waals surface area contributed by atoms with Gasteiger partial charge in [0.15, 0.2) is 23.0 Å². The lowest BCUT2D eigenvalue weighted by Gasteiger charge is -2.20. The Morgan fingerprint density at radius 3 is 2.48 bits per heavy atom. The number of rotatable bonds is 7. The molecule has 0 bridgehead atoms. The van der Waals surface area contributed by atoms with E-state index in [0.717, 1.165) is 16.7 Å². The van der Waals surface area contributed by atoms with Gasteiger partial charge in [-0.05, 0) is 41.8 Å². The molecule has 0 aromatic heterocycles. The minimum atomic E-state index is 0.0943. The molecule has 0 unspecified atom stereocenters. The maximum Gasteiger partial charge on any atom is 0.223 e. The molecule has 0 atom stereocenters. The van der Waals surface area contributed by atoms with Crippen molar-refractivity contribution in [3.8, 4) is 34.1 Å². The van der Waals surface area contributed by atoms with Crippen molar-refractivity contribution >= 4 is 5.91 Å². The molecule has 0 saturated heterocycles. The highest BCUT2D eigenvalue weighted by molar-refractivity contribution is 5.77. The first-order valence-corrected chi connectivity index (χ1v) is 9.56. The molecule has 6 heteroatoms. The summed E-state index contributed by atoms with van der Waals surface area (Å²) >= 11 is 0. The molecule has 0 saturated carbocycles. The third-order valence-electron chi connectivity index (χ3n) is 4.95. The zero-order valence-electron chi connectivity index (χ0n) is 17.2. The van der Waals surface area contributed by atoms with Crippen LogP contribution in [0, 0.1) is 0 Å². The van der Waals surface area contributed by atoms with Gasteiger partial charge in [0, 0.05) is 18.5 Å². The van der Waals surface area contributed by atoms with Gasteiger partial charge < -0.3 is 23.8 Å². The molecule has 1 heterocycles. The number of amides is 1. The molecular formula is C23H27NO5. The number of carbonyl (C=O) groups excluding carboxylic acids is 1. The monoisotopic (exact) mass is 397 g/mol. The number of carbonyl (C=O) groups is 1. The average molecular weight is 397 g/mol. The van der Waals surface area contributed by atoms with Gasteiger partial charge in [0.05, 0.1) is 27.9 Å². The fraction of sp³-hybridized carbons (Fsp3) is 0.348. The summed E-state index contributed by atoms with van der Waals surface area (Å²) in [5.74, 6) is 2.75. The van der Waals surface area contributed by atoms with Gasteiger partial charge in [-0.15, -0.1) is 6.58 Å². The second-order valence-electron chi connectivity index (χ2n) is 6.73. The van der Waals surface area contributed by atoms with Gasteiger partial charge in [-0.1, -0.05) is 12.1 Å². The van der Waals surface area contributed by atoms with Crippen LogP contribution in [0.3, 0.4) is 0 Å². The minimum Gasteiger partial charge on any atom is -0.493 e. The van der Waals surface area contributed by atoms with E-state index in [1.165, 1.54) is 0 Å². The van der Waals surface area contributed by atoms with E-state index in [0.29, 0.717) is 55.5 Å². The molecule has 0 radical (unpaired) electrons. The van der Waals surface area contributed by atoms with Gasteiger partial charge in [0.1, 0.15) is 6.61 Å². The van der Waals surface area contributed by atoms with Crippen LogP contribution in [0.2, 0.25) is 0 Å². The second-order valence-corrected chi connectivity index (χ2v) is 6.73. The van der Waals surface area contributed by atoms with E-state index in [4.69, 9.17) is 18.9 Å². The molecule has 154 valence electrons. The van der Waals surface area contributed by atoms with Gasteiger partial charge in [-0.25, -0.2) is 0 Å². The number of benzene rings is 2. The van der Waals surface area contributed by atoms with Crippen molar-refractivity contribution in [3.63, 3.8) is 0 Å². The lowest BCUT2D eigenvalue weighted by molar-refractivity contribution is -0.131. The van der Waals surface area contributed by atoms with E-state index in [1.54, 1.807) is 27.4 Å². The smallest absolute Gasteiger partial charge is 0.223 e. The van der Waals surface area contributed by atoms with Crippen LogP contribution in [0.4, 0.5) is 0 Å². The Morgan fingerprint density at radius 1 is 1.07 bits per heavy atom. The standard InChI is InChI=1S/C23H27NO5/c1-5-6-7-22(25)24-10-11-29-23-18(15-24)12-17(14-21(23)28-4)16-8-9-19(26-2)20(13-16)27-3/h5,8-9,12-14H,1,6-7,10-11,15H2,2-4H3. The molecule has 2 aromatic rings. The number of allylic oxidation sites excluding steroid dienone is 1. The predicted octanol–water partition coefficient (Wildman–Crippen LogP) is 4.07. The average Bonchev–Trinajstić information content (AvgIpc) is 2.98. The summed E-state index contributed by atoms with van der Waals surface area (Å²) in [6, 6.07) is 9.74. The molecule has 1 aliphatic rings. The van der Waals surface area contributed by atoms with E-state index in [2.05, 4.69) is 6.58 Å². The highest BCUT2D eigenvalue weighted by Crippen LogP contribution is 2.40. The van der Waals surface area contributed by atoms with Crippen molar-refractivity contribution in [2.24, 2.45) is 0 Å². The van der Waals surface area contributed by atoms with Crippen LogP contribution in [0.15, 0.2) is 43.0 Å². The lowest BCUT2D eigenvalue weighted by Crippen LogP contribution is -2.32. The molecule has 2 aromatic carbocycles. The van der Waals surface area contributed by atoms with E-state index in [9.17, 15) is 4.79 Å². The lowest BCUT2D eigenvalue weighted by atomic mass is 10.0. The summed E-state index contributed by atoms with van der Waals surface area (Å²) in [5, 5.41) is 0. The minimum absolute atomic E-state index is 0.0943. The number of nitrogens with zero attached hydrogens (tertiary/aromatic N) is 1. The van der Waals surface area contributed by atoms with Crippen molar-refractivity contribution in [1.82, 2.24) is 4.90 Å². The van der Waals surface area contributed by atoms with Gasteiger partial charge in [-0.3, -0.25) is 4.79 Å². The van der Waals surface area contributed by atoms with Crippen molar-refractivity contribution in [1.29, 1.82) is 0 Å². The SMILES string of the molecule is C=CCCC(=O)N1CCOc2c(cc(-c3ccc(OC)c(OC)c3)cc2OC)C1. The van der Waals surface area contributed by atoms with Gasteiger partial charge in [0.25, 0.3) is 0 Å². The molecule has 29 heavy (non-hydrogen) atoms. The summed E-state index contributed by atoms with van der Waals surface area (Å²) in [5.41, 5.74) is 2.82. The number of methoxy groups -OCH3 is 3. The largest absolute Gasteiger partial charge is 0.493 e. The molecule has 0 spiro atoms. The van der Waals surface area contributed by atoms with Crippen LogP contribution < -0.4 is 18.9 Å². The summed E-state index contributed by atoms with van der Waals surface area (Å²) < 4.78 is 22.3. The molecule has 0 aliphatic carbocycles. The topological polar surface area (TPSA) is 57.2 Å². The zero-order valence-corrected chi connectivity index (χ0v) is 17.2. The van der Waals surface area contributed by atoms with Crippen molar-refractivity contribution in [3.05, 3.63) is 48.6 Å². The number of hydrogen-bond acceptors (Lipinski definition) is 5. The van der Waals surface area contributed by atoms with Crippen LogP contribution in [-0.2, 0) is 11.3 Å². The highest BCUT2D eigenvalue weighted by Gasteiger charge is 2.23. The molecule has 0 N–H and O–H groups in total. The summed E-state index contributed by atoms with van der Waals surface area (Å²) in [6.45, 7) is 5.14. The molecule has 0 fully saturated rings. The van der Waals surface area contributed by atoms with Crippen molar-refractivity contribution < 1.29 is 23.7 Å². The Kier molecular flexibility index (Phi) is 6.65. The van der Waals surface area contributed by atoms with Crippen LogP contribution in [0.5, 0.6) is 23.0 Å². The maximum atomic E-state index is 12.5. The van der Waals surface area contributed by atoms with Crippen LogP contribution >= 0.6 is 0 Å². The Labute approximate surface area is 171 Å². The zero-order chi connectivity index (χ0) is 20.8. The molecule has 6 nitrogen and oxygen atoms in total. The van der Waals surface area contributed by atoms with Crippen LogP contribution in [0.1, 0.15) is 18.4 Å². The summed E-state index contributed by atoms with van der Waals surface area (Å²) in [6.07, 6.45) is 2.88. The second kappa shape index (κ2) is 9.37. The number of hydrogen-bond donors (Lipinski definition) is 0. The van der Waals surface area contributed by atoms with E-state index in [-0.39, 0.29) is 5.91 Å². The quantitative estimate of drug-likeness (QED) is 0.660. The first-order valence-electron chi connectivity index (χ1n) is 9.56. The molecule has 1 amide bonds. The third kappa shape index (κ3) is 4.47. The van der Waals surface area contributed by atoms with Crippen LogP contribution in [0.25, 0.3) is 11.1 Å². The van der Waals surface area contributed by atoms with Gasteiger partial charge in [0.2, 0.25) is 5.91 Å². The fourth-order valence-corrected chi connectivity index (χ4v) is 3.41. The Balaban J connectivity index is 1.99. The van der Waals surface area contributed by atoms with Crippen molar-refractivity contribution in [2.75, 3.05) is 34.5 Å². The highest BCUT2D eigenvalue weighted by atomic mass is 16.5. The number of fused-ring (bicyclic) bond motifs is 1. The maximum absolute atomic E-state index is 12.5. The molecule has 1 aliphatic heterocycles. The molecular weight excluding hydrogens is 370 g/mol. The third-order valence-corrected chi connectivity index (χ3v) is 4.95. The predicted molar refractivity (Wildman–Crippen MR) is 112 cm³/mol. The first kappa shape index (κ1) is 20.6. The van der Waals surface area contributed by atoms with Gasteiger partial charge in [-0.2, -0.15) is 0 Å². The Bertz CT molecular complexity index is 893. The fourth-order valence-electron chi connectivity index (χ4n) is 3.41. The van der Waals surface area contributed by atoms with E-state index >= 15 is 0 Å². The Morgan fingerprint density at radius 2 is 1.79 bits per heavy atom. The normalized spacial score (nSPS) is 13.0. The summed E-state index contributed by atoms with van der Waals surface area (Å²) in [7, 11) is 4.84. The van der Waals surface area contributed by atoms with Gasteiger partial charge >= 0.3 is 0 Å². The number of ether oxygens (including phenoxy) is 4. The van der Waals surface area contributed by atoms with E-state index < -0.39 is 0 Å². The Hall–Kier alpha value is -3.15. The van der Waals surface area contributed by atoms with Crippen LogP contribution in [-0.4, -0.2) is 45.3 Å². The summed E-state index contributed by atoms with van der Waals surface area (Å²) in [4.78, 5) is 14.4. The van der Waals surface area contributed by atoms with Crippen molar-refractivity contribution in [2.45, 2.75) is 19.4 Å². The first-order chi connectivity index (χ1) is 14.1.